The quantitative estimate of drug-likeness (QED) is 0.810. The minimum atomic E-state index is -3.73. The number of halogens is 2. The third-order valence-corrected chi connectivity index (χ3v) is 3.85. The maximum Gasteiger partial charge on any atom is 0.242 e. The maximum atomic E-state index is 12.8. The monoisotopic (exact) mass is 280 g/mol. The molecule has 0 aliphatic heterocycles. The lowest BCUT2D eigenvalue weighted by Crippen LogP contribution is -2.30. The third-order valence-electron chi connectivity index (χ3n) is 2.09. The Morgan fingerprint density at radius 3 is 2.82 bits per heavy atom. The van der Waals surface area contributed by atoms with Gasteiger partial charge in [0.1, 0.15) is 10.7 Å². The zero-order valence-corrected chi connectivity index (χ0v) is 10.9. The number of alkyl halides is 1. The van der Waals surface area contributed by atoms with Gasteiger partial charge >= 0.3 is 0 Å². The number of pyridine rings is 1. The number of sulfonamides is 1. The van der Waals surface area contributed by atoms with E-state index in [0.29, 0.717) is 6.42 Å². The van der Waals surface area contributed by atoms with Crippen LogP contribution in [0.25, 0.3) is 0 Å². The van der Waals surface area contributed by atoms with Crippen molar-refractivity contribution >= 4 is 21.6 Å². The Kier molecular flexibility index (Phi) is 5.30. The van der Waals surface area contributed by atoms with Gasteiger partial charge in [-0.05, 0) is 12.5 Å². The van der Waals surface area contributed by atoms with Gasteiger partial charge in [0.2, 0.25) is 10.0 Å². The first-order valence-electron chi connectivity index (χ1n) is 5.20. The van der Waals surface area contributed by atoms with Crippen LogP contribution in [0.4, 0.5) is 4.39 Å². The molecule has 1 unspecified atom stereocenters. The van der Waals surface area contributed by atoms with E-state index in [2.05, 4.69) is 9.71 Å². The molecular weight excluding hydrogens is 267 g/mol. The second kappa shape index (κ2) is 6.28. The first-order chi connectivity index (χ1) is 7.95. The van der Waals surface area contributed by atoms with Crippen LogP contribution in [0.3, 0.4) is 0 Å². The van der Waals surface area contributed by atoms with Crippen LogP contribution in [0.5, 0.6) is 0 Å². The first kappa shape index (κ1) is 14.3. The molecule has 7 heteroatoms. The van der Waals surface area contributed by atoms with Crippen LogP contribution < -0.4 is 4.72 Å². The molecule has 17 heavy (non-hydrogen) atoms. The van der Waals surface area contributed by atoms with E-state index in [0.717, 1.165) is 24.9 Å². The SMILES string of the molecule is CCCC(Cl)CNS(=O)(=O)c1cncc(F)c1. The molecule has 0 spiro atoms. The fraction of sp³-hybridized carbons (Fsp3) is 0.500. The molecule has 1 rings (SSSR count). The second-order valence-corrected chi connectivity index (χ2v) is 5.96. The molecule has 0 radical (unpaired) electrons. The molecule has 0 saturated heterocycles. The zero-order valence-electron chi connectivity index (χ0n) is 9.36. The van der Waals surface area contributed by atoms with E-state index in [-0.39, 0.29) is 16.8 Å². The Bertz CT molecular complexity index is 467. The Balaban J connectivity index is 2.69. The van der Waals surface area contributed by atoms with Crippen molar-refractivity contribution in [2.24, 2.45) is 0 Å². The Labute approximate surface area is 105 Å². The van der Waals surface area contributed by atoms with Crippen LogP contribution in [-0.4, -0.2) is 25.3 Å². The van der Waals surface area contributed by atoms with Crippen molar-refractivity contribution < 1.29 is 12.8 Å². The van der Waals surface area contributed by atoms with E-state index in [1.165, 1.54) is 0 Å². The van der Waals surface area contributed by atoms with Gasteiger partial charge < -0.3 is 0 Å². The van der Waals surface area contributed by atoms with Gasteiger partial charge in [0.15, 0.2) is 0 Å². The van der Waals surface area contributed by atoms with Crippen LogP contribution in [0.15, 0.2) is 23.4 Å². The lowest BCUT2D eigenvalue weighted by molar-refractivity contribution is 0.571. The van der Waals surface area contributed by atoms with Crippen LogP contribution in [0, 0.1) is 5.82 Å². The van der Waals surface area contributed by atoms with Crippen LogP contribution >= 0.6 is 11.6 Å². The standard InChI is InChI=1S/C10H14ClFN2O2S/c1-2-3-8(11)5-14-17(15,16)10-4-9(12)6-13-7-10/h4,6-8,14H,2-3,5H2,1H3. The van der Waals surface area contributed by atoms with Gasteiger partial charge in [0.05, 0.1) is 6.20 Å². The van der Waals surface area contributed by atoms with Crippen molar-refractivity contribution in [1.29, 1.82) is 0 Å². The molecule has 0 saturated carbocycles. The van der Waals surface area contributed by atoms with Crippen molar-refractivity contribution in [2.75, 3.05) is 6.54 Å². The predicted molar refractivity (Wildman–Crippen MR) is 63.9 cm³/mol. The number of aromatic nitrogens is 1. The number of rotatable bonds is 6. The van der Waals surface area contributed by atoms with Crippen molar-refractivity contribution in [3.05, 3.63) is 24.3 Å². The lowest BCUT2D eigenvalue weighted by atomic mass is 10.2. The van der Waals surface area contributed by atoms with Gasteiger partial charge in [-0.15, -0.1) is 11.6 Å². The largest absolute Gasteiger partial charge is 0.260 e. The summed E-state index contributed by atoms with van der Waals surface area (Å²) in [6.45, 7) is 2.08. The summed E-state index contributed by atoms with van der Waals surface area (Å²) in [7, 11) is -3.73. The van der Waals surface area contributed by atoms with Crippen LogP contribution in [0.2, 0.25) is 0 Å². The summed E-state index contributed by atoms with van der Waals surface area (Å²) in [6.07, 6.45) is 3.62. The lowest BCUT2D eigenvalue weighted by Gasteiger charge is -2.10. The van der Waals surface area contributed by atoms with Gasteiger partial charge in [-0.25, -0.2) is 17.5 Å². The second-order valence-electron chi connectivity index (χ2n) is 3.58. The molecule has 0 bridgehead atoms. The molecule has 1 aromatic heterocycles. The average molecular weight is 281 g/mol. The molecule has 0 aromatic carbocycles. The highest BCUT2D eigenvalue weighted by atomic mass is 35.5. The van der Waals surface area contributed by atoms with E-state index >= 15 is 0 Å². The number of hydrogen-bond acceptors (Lipinski definition) is 3. The smallest absolute Gasteiger partial charge is 0.242 e. The molecule has 1 aromatic rings. The normalized spacial score (nSPS) is 13.6. The van der Waals surface area contributed by atoms with Crippen molar-refractivity contribution in [3.8, 4) is 0 Å². The first-order valence-corrected chi connectivity index (χ1v) is 7.12. The summed E-state index contributed by atoms with van der Waals surface area (Å²) in [6, 6.07) is 0.915. The van der Waals surface area contributed by atoms with Gasteiger partial charge in [-0.2, -0.15) is 0 Å². The Hall–Kier alpha value is -0.720. The summed E-state index contributed by atoms with van der Waals surface area (Å²) in [5, 5.41) is -0.267. The number of nitrogens with zero attached hydrogens (tertiary/aromatic N) is 1. The highest BCUT2D eigenvalue weighted by molar-refractivity contribution is 7.89. The fourth-order valence-corrected chi connectivity index (χ4v) is 2.68. The molecule has 1 atom stereocenters. The van der Waals surface area contributed by atoms with E-state index < -0.39 is 15.8 Å². The van der Waals surface area contributed by atoms with Crippen LogP contribution in [0.1, 0.15) is 19.8 Å². The maximum absolute atomic E-state index is 12.8. The zero-order chi connectivity index (χ0) is 12.9. The fourth-order valence-electron chi connectivity index (χ4n) is 1.24. The number of nitrogens with one attached hydrogen (secondary N) is 1. The molecule has 0 fully saturated rings. The molecule has 0 aliphatic rings. The summed E-state index contributed by atoms with van der Waals surface area (Å²) in [5.41, 5.74) is 0. The summed E-state index contributed by atoms with van der Waals surface area (Å²) < 4.78 is 38.6. The highest BCUT2D eigenvalue weighted by Gasteiger charge is 2.16. The van der Waals surface area contributed by atoms with E-state index in [1.54, 1.807) is 0 Å². The molecule has 1 N–H and O–H groups in total. The summed E-state index contributed by atoms with van der Waals surface area (Å²) in [5.74, 6) is -0.691. The van der Waals surface area contributed by atoms with E-state index in [4.69, 9.17) is 11.6 Å². The summed E-state index contributed by atoms with van der Waals surface area (Å²) >= 11 is 5.89. The van der Waals surface area contributed by atoms with E-state index in [1.807, 2.05) is 6.92 Å². The molecule has 96 valence electrons. The van der Waals surface area contributed by atoms with Gasteiger partial charge in [0, 0.05) is 18.1 Å². The third kappa shape index (κ3) is 4.57. The van der Waals surface area contributed by atoms with Gasteiger partial charge in [0.25, 0.3) is 0 Å². The van der Waals surface area contributed by atoms with Crippen LogP contribution in [-0.2, 0) is 10.0 Å². The van der Waals surface area contributed by atoms with Gasteiger partial charge in [-0.1, -0.05) is 13.3 Å². The summed E-state index contributed by atoms with van der Waals surface area (Å²) in [4.78, 5) is 3.29. The molecule has 0 aliphatic carbocycles. The molecule has 1 heterocycles. The highest BCUT2D eigenvalue weighted by Crippen LogP contribution is 2.10. The molecule has 0 amide bonds. The molecular formula is C10H14ClFN2O2S. The van der Waals surface area contributed by atoms with Crippen molar-refractivity contribution in [1.82, 2.24) is 9.71 Å². The minimum absolute atomic E-state index is 0.119. The van der Waals surface area contributed by atoms with E-state index in [9.17, 15) is 12.8 Å². The number of hydrogen-bond donors (Lipinski definition) is 1. The predicted octanol–water partition coefficient (Wildman–Crippen LogP) is 1.91. The van der Waals surface area contributed by atoms with Crippen molar-refractivity contribution in [2.45, 2.75) is 30.0 Å². The Morgan fingerprint density at radius 1 is 1.53 bits per heavy atom. The Morgan fingerprint density at radius 2 is 2.24 bits per heavy atom. The van der Waals surface area contributed by atoms with Crippen molar-refractivity contribution in [3.63, 3.8) is 0 Å². The topological polar surface area (TPSA) is 59.1 Å². The minimum Gasteiger partial charge on any atom is -0.260 e. The van der Waals surface area contributed by atoms with Gasteiger partial charge in [-0.3, -0.25) is 4.98 Å². The molecule has 4 nitrogen and oxygen atoms in total. The average Bonchev–Trinajstić information content (AvgIpc) is 2.27.